The molecule has 0 unspecified atom stereocenters. The number of ether oxygens (including phenoxy) is 1. The smallest absolute Gasteiger partial charge is 0.309 e. The topological polar surface area (TPSA) is 60.4 Å². The van der Waals surface area contributed by atoms with Gasteiger partial charge in [0.2, 0.25) is 0 Å². The molecule has 0 atom stereocenters. The van der Waals surface area contributed by atoms with E-state index >= 15 is 0 Å². The molecule has 5 nitrogen and oxygen atoms in total. The number of esters is 1. The zero-order valence-corrected chi connectivity index (χ0v) is 16.8. The first-order valence-electron chi connectivity index (χ1n) is 10.1. The van der Waals surface area contributed by atoms with Crippen LogP contribution in [-0.4, -0.2) is 48.7 Å². The van der Waals surface area contributed by atoms with Crippen LogP contribution in [0.2, 0.25) is 0 Å². The number of carbonyl (C=O) groups excluding carboxylic acids is 1. The Kier molecular flexibility index (Phi) is 6.06. The number of benzene rings is 1. The molecule has 1 aliphatic heterocycles. The molecule has 0 radical (unpaired) electrons. The van der Waals surface area contributed by atoms with Crippen LogP contribution in [-0.2, 0) is 9.53 Å². The molecule has 0 bridgehead atoms. The van der Waals surface area contributed by atoms with Gasteiger partial charge in [0, 0.05) is 44.4 Å². The maximum Gasteiger partial charge on any atom is 0.309 e. The van der Waals surface area contributed by atoms with Gasteiger partial charge in [-0.25, -0.2) is 4.39 Å². The van der Waals surface area contributed by atoms with Gasteiger partial charge in [-0.15, -0.1) is 0 Å². The van der Waals surface area contributed by atoms with Crippen LogP contribution in [0.3, 0.4) is 0 Å². The highest BCUT2D eigenvalue weighted by molar-refractivity contribution is 5.73. The van der Waals surface area contributed by atoms with Gasteiger partial charge in [-0.1, -0.05) is 0 Å². The van der Waals surface area contributed by atoms with Crippen LogP contribution < -0.4 is 10.6 Å². The molecule has 0 amide bonds. The molecular formula is C21H33FN3O2+. The maximum absolute atomic E-state index is 14.2. The van der Waals surface area contributed by atoms with Gasteiger partial charge < -0.3 is 15.4 Å². The Bertz CT molecular complexity index is 658. The molecule has 3 rings (SSSR count). The van der Waals surface area contributed by atoms with E-state index in [-0.39, 0.29) is 17.7 Å². The molecule has 2 aliphatic rings. The Morgan fingerprint density at radius 3 is 2.30 bits per heavy atom. The molecule has 0 aromatic heterocycles. The van der Waals surface area contributed by atoms with E-state index in [1.54, 1.807) is 0 Å². The third kappa shape index (κ3) is 5.20. The van der Waals surface area contributed by atoms with Gasteiger partial charge in [-0.2, -0.15) is 0 Å². The van der Waals surface area contributed by atoms with E-state index in [0.717, 1.165) is 51.9 Å². The molecule has 1 saturated heterocycles. The molecule has 150 valence electrons. The second-order valence-corrected chi connectivity index (χ2v) is 8.85. The summed E-state index contributed by atoms with van der Waals surface area (Å²) in [6.07, 6.45) is 3.88. The minimum Gasteiger partial charge on any atom is -0.460 e. The first-order valence-corrected chi connectivity index (χ1v) is 10.1. The number of piperazine rings is 1. The highest BCUT2D eigenvalue weighted by Crippen LogP contribution is 2.31. The zero-order chi connectivity index (χ0) is 19.6. The van der Waals surface area contributed by atoms with Crippen LogP contribution in [0.5, 0.6) is 0 Å². The van der Waals surface area contributed by atoms with Crippen LogP contribution in [0, 0.1) is 11.7 Å². The van der Waals surface area contributed by atoms with Crippen LogP contribution in [0.15, 0.2) is 18.2 Å². The molecule has 1 aromatic carbocycles. The third-order valence-corrected chi connectivity index (χ3v) is 5.62. The lowest BCUT2D eigenvalue weighted by Crippen LogP contribution is -2.51. The van der Waals surface area contributed by atoms with Gasteiger partial charge in [-0.05, 0) is 52.5 Å². The van der Waals surface area contributed by atoms with Crippen LogP contribution in [0.25, 0.3) is 0 Å². The summed E-state index contributed by atoms with van der Waals surface area (Å²) in [4.78, 5) is 16.9. The number of hydrogen-bond donors (Lipinski definition) is 1. The van der Waals surface area contributed by atoms with Gasteiger partial charge in [0.15, 0.2) is 5.82 Å². The molecule has 3 N–H and O–H groups in total. The summed E-state index contributed by atoms with van der Waals surface area (Å²) in [6, 6.07) is 5.72. The lowest BCUT2D eigenvalue weighted by atomic mass is 9.85. The quantitative estimate of drug-likeness (QED) is 0.822. The van der Waals surface area contributed by atoms with E-state index in [9.17, 15) is 9.18 Å². The Balaban J connectivity index is 1.48. The lowest BCUT2D eigenvalue weighted by Gasteiger charge is -2.42. The fourth-order valence-corrected chi connectivity index (χ4v) is 4.20. The van der Waals surface area contributed by atoms with E-state index in [2.05, 4.69) is 15.5 Å². The van der Waals surface area contributed by atoms with Crippen LogP contribution in [0.4, 0.5) is 15.8 Å². The predicted octanol–water partition coefficient (Wildman–Crippen LogP) is 2.72. The van der Waals surface area contributed by atoms with E-state index in [1.807, 2.05) is 32.9 Å². The number of anilines is 1. The summed E-state index contributed by atoms with van der Waals surface area (Å²) >= 11 is 0. The highest BCUT2D eigenvalue weighted by atomic mass is 19.1. The van der Waals surface area contributed by atoms with Gasteiger partial charge in [0.25, 0.3) is 0 Å². The van der Waals surface area contributed by atoms with Crippen LogP contribution in [0.1, 0.15) is 46.5 Å². The van der Waals surface area contributed by atoms with Crippen molar-refractivity contribution in [3.8, 4) is 0 Å². The molecular weight excluding hydrogens is 345 g/mol. The summed E-state index contributed by atoms with van der Waals surface area (Å²) in [7, 11) is 0. The normalized spacial score (nSPS) is 24.7. The van der Waals surface area contributed by atoms with Crippen molar-refractivity contribution in [3.63, 3.8) is 0 Å². The summed E-state index contributed by atoms with van der Waals surface area (Å²) in [5.74, 6) is -0.194. The standard InChI is InChI=1S/C21H32FN3O2/c1-21(2,3)27-20(26)15-4-7-17(8-5-15)24-10-12-25(13-11-24)19-9-6-16(23)14-18(19)22/h6,9,14-15,17H,4-5,7-8,10-13,23H2,1-3H3/p+1. The summed E-state index contributed by atoms with van der Waals surface area (Å²) in [6.45, 7) is 9.30. The fraction of sp³-hybridized carbons (Fsp3) is 0.667. The second-order valence-electron chi connectivity index (χ2n) is 8.85. The molecule has 1 heterocycles. The monoisotopic (exact) mass is 378 g/mol. The van der Waals surface area contributed by atoms with Crippen LogP contribution >= 0.6 is 0 Å². The van der Waals surface area contributed by atoms with E-state index in [0.29, 0.717) is 17.4 Å². The van der Waals surface area contributed by atoms with E-state index in [1.165, 1.54) is 6.07 Å². The van der Waals surface area contributed by atoms with Crippen molar-refractivity contribution >= 4 is 17.3 Å². The summed E-state index contributed by atoms with van der Waals surface area (Å²) in [5.41, 5.74) is 4.75. The van der Waals surface area contributed by atoms with Gasteiger partial charge in [0.1, 0.15) is 11.3 Å². The molecule has 1 saturated carbocycles. The summed E-state index contributed by atoms with van der Waals surface area (Å²) < 4.78 is 19.7. The van der Waals surface area contributed by atoms with Crippen molar-refractivity contribution in [2.75, 3.05) is 31.1 Å². The van der Waals surface area contributed by atoms with Crippen molar-refractivity contribution in [3.05, 3.63) is 24.0 Å². The van der Waals surface area contributed by atoms with Gasteiger partial charge in [-0.3, -0.25) is 9.69 Å². The molecule has 1 aliphatic carbocycles. The molecule has 0 spiro atoms. The minimum atomic E-state index is -0.411. The van der Waals surface area contributed by atoms with E-state index < -0.39 is 5.60 Å². The number of nitrogens with zero attached hydrogens (tertiary/aromatic N) is 2. The van der Waals surface area contributed by atoms with Gasteiger partial charge in [0.05, 0.1) is 11.6 Å². The zero-order valence-electron chi connectivity index (χ0n) is 16.8. The Morgan fingerprint density at radius 2 is 1.74 bits per heavy atom. The lowest BCUT2D eigenvalue weighted by molar-refractivity contribution is -0.255. The number of halogens is 1. The van der Waals surface area contributed by atoms with Crippen molar-refractivity contribution in [1.82, 2.24) is 4.90 Å². The SMILES string of the molecule is CC(C)(C)OC(=O)C1CCC(N2CCN(c3ccc([NH3+])cc3F)CC2)CC1. The number of carbonyl (C=O) groups is 1. The minimum absolute atomic E-state index is 0.0389. The number of hydrogen-bond acceptors (Lipinski definition) is 4. The van der Waals surface area contributed by atoms with Crippen molar-refractivity contribution in [2.45, 2.75) is 58.1 Å². The fourth-order valence-electron chi connectivity index (χ4n) is 4.20. The first-order chi connectivity index (χ1) is 12.7. The Labute approximate surface area is 161 Å². The average molecular weight is 379 g/mol. The second kappa shape index (κ2) is 8.15. The van der Waals surface area contributed by atoms with Crippen molar-refractivity contribution in [2.24, 2.45) is 5.92 Å². The predicted molar refractivity (Wildman–Crippen MR) is 104 cm³/mol. The maximum atomic E-state index is 14.2. The Morgan fingerprint density at radius 1 is 1.11 bits per heavy atom. The average Bonchev–Trinajstić information content (AvgIpc) is 2.61. The van der Waals surface area contributed by atoms with Crippen molar-refractivity contribution < 1.29 is 19.7 Å². The Hall–Kier alpha value is -1.66. The first kappa shape index (κ1) is 20.1. The summed E-state index contributed by atoms with van der Waals surface area (Å²) in [5, 5.41) is 0. The number of rotatable bonds is 3. The molecule has 1 aromatic rings. The molecule has 2 fully saturated rings. The van der Waals surface area contributed by atoms with Crippen molar-refractivity contribution in [1.29, 1.82) is 0 Å². The highest BCUT2D eigenvalue weighted by Gasteiger charge is 2.33. The van der Waals surface area contributed by atoms with Gasteiger partial charge >= 0.3 is 5.97 Å². The molecule has 27 heavy (non-hydrogen) atoms. The number of quaternary nitrogens is 1. The molecule has 6 heteroatoms. The third-order valence-electron chi connectivity index (χ3n) is 5.62. The largest absolute Gasteiger partial charge is 0.460 e. The van der Waals surface area contributed by atoms with E-state index in [4.69, 9.17) is 4.74 Å².